The van der Waals surface area contributed by atoms with E-state index in [2.05, 4.69) is 12.2 Å². The molecule has 20 heavy (non-hydrogen) atoms. The lowest BCUT2D eigenvalue weighted by atomic mass is 9.73. The standard InChI is InChI=1S/C16H24N2O2/c1-12-5-2-3-8-16(12,11-17)18-15(20)10-13-6-4-7-14(19)9-13/h4,6-7,9,12,19H,2-3,5,8,10-11,17H2,1H3,(H,18,20). The van der Waals surface area contributed by atoms with Gasteiger partial charge in [0.25, 0.3) is 0 Å². The summed E-state index contributed by atoms with van der Waals surface area (Å²) in [5.41, 5.74) is 6.50. The topological polar surface area (TPSA) is 75.3 Å². The number of hydrogen-bond donors (Lipinski definition) is 3. The summed E-state index contributed by atoms with van der Waals surface area (Å²) >= 11 is 0. The first-order valence-corrected chi connectivity index (χ1v) is 7.35. The van der Waals surface area contributed by atoms with Crippen molar-refractivity contribution >= 4 is 5.91 Å². The number of rotatable bonds is 4. The molecule has 0 radical (unpaired) electrons. The summed E-state index contributed by atoms with van der Waals surface area (Å²) < 4.78 is 0. The maximum Gasteiger partial charge on any atom is 0.224 e. The SMILES string of the molecule is CC1CCCCC1(CN)NC(=O)Cc1cccc(O)c1. The molecule has 1 aromatic rings. The molecule has 2 unspecified atom stereocenters. The normalized spacial score (nSPS) is 26.2. The molecule has 4 N–H and O–H groups in total. The second-order valence-electron chi connectivity index (χ2n) is 5.90. The van der Waals surface area contributed by atoms with Crippen LogP contribution in [0.2, 0.25) is 0 Å². The van der Waals surface area contributed by atoms with Gasteiger partial charge >= 0.3 is 0 Å². The van der Waals surface area contributed by atoms with Crippen molar-refractivity contribution in [1.29, 1.82) is 0 Å². The lowest BCUT2D eigenvalue weighted by molar-refractivity contribution is -0.123. The van der Waals surface area contributed by atoms with E-state index in [0.717, 1.165) is 24.8 Å². The molecule has 0 saturated heterocycles. The van der Waals surface area contributed by atoms with E-state index in [0.29, 0.717) is 12.5 Å². The van der Waals surface area contributed by atoms with E-state index >= 15 is 0 Å². The van der Waals surface area contributed by atoms with Gasteiger partial charge in [0.05, 0.1) is 12.0 Å². The minimum absolute atomic E-state index is 0.0187. The molecule has 0 aliphatic heterocycles. The molecule has 2 atom stereocenters. The zero-order chi connectivity index (χ0) is 14.6. The molecule has 1 aliphatic rings. The number of nitrogens with two attached hydrogens (primary N) is 1. The van der Waals surface area contributed by atoms with E-state index in [9.17, 15) is 9.90 Å². The average Bonchev–Trinajstić information content (AvgIpc) is 2.41. The van der Waals surface area contributed by atoms with Gasteiger partial charge in [0.2, 0.25) is 5.91 Å². The van der Waals surface area contributed by atoms with Crippen LogP contribution >= 0.6 is 0 Å². The van der Waals surface area contributed by atoms with Gasteiger partial charge in [-0.2, -0.15) is 0 Å². The quantitative estimate of drug-likeness (QED) is 0.787. The van der Waals surface area contributed by atoms with Crippen LogP contribution in [0.4, 0.5) is 0 Å². The molecule has 1 aliphatic carbocycles. The Bertz CT molecular complexity index is 475. The molecule has 0 aromatic heterocycles. The highest BCUT2D eigenvalue weighted by Gasteiger charge is 2.38. The molecule has 0 spiro atoms. The van der Waals surface area contributed by atoms with Crippen molar-refractivity contribution in [2.75, 3.05) is 6.54 Å². The van der Waals surface area contributed by atoms with Gasteiger partial charge in [-0.25, -0.2) is 0 Å². The van der Waals surface area contributed by atoms with E-state index < -0.39 is 0 Å². The molecule has 110 valence electrons. The van der Waals surface area contributed by atoms with Gasteiger partial charge in [-0.3, -0.25) is 4.79 Å². The first-order chi connectivity index (χ1) is 9.55. The Morgan fingerprint density at radius 3 is 2.95 bits per heavy atom. The summed E-state index contributed by atoms with van der Waals surface area (Å²) in [6.45, 7) is 2.65. The van der Waals surface area contributed by atoms with Crippen molar-refractivity contribution in [1.82, 2.24) is 5.32 Å². The van der Waals surface area contributed by atoms with Gasteiger partial charge in [0.1, 0.15) is 5.75 Å². The van der Waals surface area contributed by atoms with E-state index in [1.165, 1.54) is 6.42 Å². The third-order valence-electron chi connectivity index (χ3n) is 4.48. The Balaban J connectivity index is 2.02. The van der Waals surface area contributed by atoms with Crippen molar-refractivity contribution in [2.45, 2.75) is 44.6 Å². The molecule has 0 bridgehead atoms. The summed E-state index contributed by atoms with van der Waals surface area (Å²) in [6.07, 6.45) is 4.68. The van der Waals surface area contributed by atoms with Gasteiger partial charge in [0, 0.05) is 6.54 Å². The Hall–Kier alpha value is -1.55. The number of amides is 1. The van der Waals surface area contributed by atoms with Crippen molar-refractivity contribution in [3.8, 4) is 5.75 Å². The smallest absolute Gasteiger partial charge is 0.224 e. The van der Waals surface area contributed by atoms with Gasteiger partial charge in [0.15, 0.2) is 0 Å². The summed E-state index contributed by atoms with van der Waals surface area (Å²) in [7, 11) is 0. The largest absolute Gasteiger partial charge is 0.508 e. The van der Waals surface area contributed by atoms with Gasteiger partial charge < -0.3 is 16.2 Å². The average molecular weight is 276 g/mol. The molecule has 2 rings (SSSR count). The maximum atomic E-state index is 12.3. The zero-order valence-electron chi connectivity index (χ0n) is 12.1. The fourth-order valence-electron chi connectivity index (χ4n) is 3.13. The van der Waals surface area contributed by atoms with Gasteiger partial charge in [-0.1, -0.05) is 31.9 Å². The molecule has 1 amide bonds. The van der Waals surface area contributed by atoms with Crippen molar-refractivity contribution in [2.24, 2.45) is 11.7 Å². The summed E-state index contributed by atoms with van der Waals surface area (Å²) in [4.78, 5) is 12.3. The molecule has 1 saturated carbocycles. The monoisotopic (exact) mass is 276 g/mol. The van der Waals surface area contributed by atoms with Crippen LogP contribution in [0.15, 0.2) is 24.3 Å². The molecule has 0 heterocycles. The highest BCUT2D eigenvalue weighted by molar-refractivity contribution is 5.79. The first-order valence-electron chi connectivity index (χ1n) is 7.35. The summed E-state index contributed by atoms with van der Waals surface area (Å²) in [5.74, 6) is 0.582. The fourth-order valence-corrected chi connectivity index (χ4v) is 3.13. The maximum absolute atomic E-state index is 12.3. The lowest BCUT2D eigenvalue weighted by Crippen LogP contribution is -2.59. The predicted octanol–water partition coefficient (Wildman–Crippen LogP) is 1.96. The van der Waals surface area contributed by atoms with Crippen LogP contribution in [-0.2, 0) is 11.2 Å². The van der Waals surface area contributed by atoms with Crippen LogP contribution in [0.3, 0.4) is 0 Å². The van der Waals surface area contributed by atoms with E-state index in [1.54, 1.807) is 18.2 Å². The second kappa shape index (κ2) is 6.27. The van der Waals surface area contributed by atoms with Gasteiger partial charge in [-0.15, -0.1) is 0 Å². The molecule has 1 fully saturated rings. The number of carbonyl (C=O) groups is 1. The summed E-state index contributed by atoms with van der Waals surface area (Å²) in [5, 5.41) is 12.6. The minimum Gasteiger partial charge on any atom is -0.508 e. The number of aromatic hydroxyl groups is 1. The Kier molecular flexibility index (Phi) is 4.65. The van der Waals surface area contributed by atoms with E-state index in [-0.39, 0.29) is 23.6 Å². The molecular formula is C16H24N2O2. The Labute approximate surface area is 120 Å². The number of benzene rings is 1. The van der Waals surface area contributed by atoms with E-state index in [4.69, 9.17) is 5.73 Å². The van der Waals surface area contributed by atoms with Crippen LogP contribution in [0.1, 0.15) is 38.2 Å². The van der Waals surface area contributed by atoms with Crippen LogP contribution in [0.25, 0.3) is 0 Å². The lowest BCUT2D eigenvalue weighted by Gasteiger charge is -2.42. The van der Waals surface area contributed by atoms with Gasteiger partial charge in [-0.05, 0) is 36.5 Å². The predicted molar refractivity (Wildman–Crippen MR) is 79.4 cm³/mol. The molecule has 4 nitrogen and oxygen atoms in total. The molecular weight excluding hydrogens is 252 g/mol. The second-order valence-corrected chi connectivity index (χ2v) is 5.90. The van der Waals surface area contributed by atoms with Crippen molar-refractivity contribution in [3.05, 3.63) is 29.8 Å². The Morgan fingerprint density at radius 2 is 2.30 bits per heavy atom. The minimum atomic E-state index is -0.258. The van der Waals surface area contributed by atoms with Crippen molar-refractivity contribution < 1.29 is 9.90 Å². The zero-order valence-corrected chi connectivity index (χ0v) is 12.1. The van der Waals surface area contributed by atoms with Crippen LogP contribution < -0.4 is 11.1 Å². The highest BCUT2D eigenvalue weighted by Crippen LogP contribution is 2.32. The number of phenolic OH excluding ortho intramolecular Hbond substituents is 1. The molecule has 1 aromatic carbocycles. The first kappa shape index (κ1) is 14.9. The van der Waals surface area contributed by atoms with Crippen LogP contribution in [0, 0.1) is 5.92 Å². The van der Waals surface area contributed by atoms with Crippen LogP contribution in [-0.4, -0.2) is 23.1 Å². The molecule has 4 heteroatoms. The Morgan fingerprint density at radius 1 is 1.50 bits per heavy atom. The highest BCUT2D eigenvalue weighted by atomic mass is 16.3. The summed E-state index contributed by atoms with van der Waals surface area (Å²) in [6, 6.07) is 6.82. The third-order valence-corrected chi connectivity index (χ3v) is 4.48. The number of phenols is 1. The van der Waals surface area contributed by atoms with E-state index in [1.807, 2.05) is 6.07 Å². The number of nitrogens with one attached hydrogen (secondary N) is 1. The van der Waals surface area contributed by atoms with Crippen molar-refractivity contribution in [3.63, 3.8) is 0 Å². The fraction of sp³-hybridized carbons (Fsp3) is 0.562. The third kappa shape index (κ3) is 3.31. The number of carbonyl (C=O) groups excluding carboxylic acids is 1. The number of hydrogen-bond acceptors (Lipinski definition) is 3. The van der Waals surface area contributed by atoms with Crippen LogP contribution in [0.5, 0.6) is 5.75 Å².